The number of aliphatic hydroxyl groups is 1. The Morgan fingerprint density at radius 2 is 2.44 bits per heavy atom. The fraction of sp³-hybridized carbons (Fsp3) is 0.917. The predicted molar refractivity (Wildman–Crippen MR) is 64.1 cm³/mol. The predicted octanol–water partition coefficient (Wildman–Crippen LogP) is 0.511. The van der Waals surface area contributed by atoms with Gasteiger partial charge in [-0.2, -0.15) is 0 Å². The fourth-order valence-electron chi connectivity index (χ4n) is 1.99. The van der Waals surface area contributed by atoms with Crippen LogP contribution in [0.5, 0.6) is 0 Å². The second-order valence-corrected chi connectivity index (χ2v) is 4.84. The molecule has 0 aromatic rings. The highest BCUT2D eigenvalue weighted by molar-refractivity contribution is 5.76. The Hall–Kier alpha value is -0.610. The van der Waals surface area contributed by atoms with E-state index in [1.54, 1.807) is 0 Å². The van der Waals surface area contributed by atoms with Crippen LogP contribution in [-0.2, 0) is 4.79 Å². The molecule has 1 saturated heterocycles. The van der Waals surface area contributed by atoms with Crippen molar-refractivity contribution < 1.29 is 9.90 Å². The summed E-state index contributed by atoms with van der Waals surface area (Å²) in [7, 11) is 0. The molecule has 1 heterocycles. The number of nitrogens with one attached hydrogen (secondary N) is 2. The minimum Gasteiger partial charge on any atom is -0.396 e. The van der Waals surface area contributed by atoms with Gasteiger partial charge in [0.1, 0.15) is 0 Å². The molecule has 0 bridgehead atoms. The van der Waals surface area contributed by atoms with Crippen molar-refractivity contribution in [2.75, 3.05) is 26.2 Å². The minimum absolute atomic E-state index is 0.172. The Balaban J connectivity index is 1.97. The van der Waals surface area contributed by atoms with E-state index in [2.05, 4.69) is 10.6 Å². The maximum absolute atomic E-state index is 11.5. The van der Waals surface area contributed by atoms with Crippen molar-refractivity contribution in [3.05, 3.63) is 0 Å². The van der Waals surface area contributed by atoms with Gasteiger partial charge >= 0.3 is 0 Å². The third-order valence-electron chi connectivity index (χ3n) is 3.14. The van der Waals surface area contributed by atoms with Gasteiger partial charge in [0.15, 0.2) is 0 Å². The zero-order valence-electron chi connectivity index (χ0n) is 10.2. The molecule has 3 N–H and O–H groups in total. The number of amides is 1. The van der Waals surface area contributed by atoms with Gasteiger partial charge < -0.3 is 15.7 Å². The van der Waals surface area contributed by atoms with Crippen molar-refractivity contribution in [1.82, 2.24) is 10.6 Å². The molecule has 1 fully saturated rings. The first-order chi connectivity index (χ1) is 7.72. The van der Waals surface area contributed by atoms with E-state index in [0.717, 1.165) is 38.9 Å². The molecule has 2 atom stereocenters. The van der Waals surface area contributed by atoms with Gasteiger partial charge in [-0.15, -0.1) is 0 Å². The summed E-state index contributed by atoms with van der Waals surface area (Å²) in [4.78, 5) is 11.5. The Labute approximate surface area is 97.8 Å². The van der Waals surface area contributed by atoms with E-state index in [1.807, 2.05) is 6.92 Å². The quantitative estimate of drug-likeness (QED) is 0.556. The summed E-state index contributed by atoms with van der Waals surface area (Å²) >= 11 is 0. The van der Waals surface area contributed by atoms with Crippen LogP contribution in [-0.4, -0.2) is 37.3 Å². The highest BCUT2D eigenvalue weighted by atomic mass is 16.3. The summed E-state index contributed by atoms with van der Waals surface area (Å²) in [5.41, 5.74) is 0. The lowest BCUT2D eigenvalue weighted by Gasteiger charge is -2.10. The molecule has 1 rings (SSSR count). The molecule has 0 radical (unpaired) electrons. The van der Waals surface area contributed by atoms with Gasteiger partial charge in [0.25, 0.3) is 0 Å². The maximum Gasteiger partial charge on any atom is 0.220 e. The van der Waals surface area contributed by atoms with E-state index in [9.17, 15) is 4.79 Å². The van der Waals surface area contributed by atoms with E-state index in [4.69, 9.17) is 5.11 Å². The van der Waals surface area contributed by atoms with Crippen molar-refractivity contribution in [3.63, 3.8) is 0 Å². The van der Waals surface area contributed by atoms with Crippen molar-refractivity contribution in [1.29, 1.82) is 0 Å². The average molecular weight is 228 g/mol. The van der Waals surface area contributed by atoms with Gasteiger partial charge in [-0.3, -0.25) is 4.79 Å². The van der Waals surface area contributed by atoms with Crippen LogP contribution >= 0.6 is 0 Å². The summed E-state index contributed by atoms with van der Waals surface area (Å²) in [6, 6.07) is 0. The van der Waals surface area contributed by atoms with Crippen LogP contribution < -0.4 is 10.6 Å². The van der Waals surface area contributed by atoms with E-state index >= 15 is 0 Å². The normalized spacial score (nSPS) is 22.0. The first-order valence-corrected chi connectivity index (χ1v) is 6.30. The molecule has 1 aliphatic heterocycles. The molecule has 4 nitrogen and oxygen atoms in total. The van der Waals surface area contributed by atoms with Crippen LogP contribution in [0.25, 0.3) is 0 Å². The first kappa shape index (κ1) is 13.5. The Morgan fingerprint density at radius 1 is 1.62 bits per heavy atom. The molecule has 94 valence electrons. The van der Waals surface area contributed by atoms with Crippen LogP contribution in [0.2, 0.25) is 0 Å². The highest BCUT2D eigenvalue weighted by Gasteiger charge is 2.17. The third kappa shape index (κ3) is 5.47. The molecule has 1 amide bonds. The van der Waals surface area contributed by atoms with E-state index in [1.165, 1.54) is 0 Å². The first-order valence-electron chi connectivity index (χ1n) is 6.30. The van der Waals surface area contributed by atoms with Crippen molar-refractivity contribution >= 4 is 5.91 Å². The topological polar surface area (TPSA) is 61.4 Å². The zero-order valence-corrected chi connectivity index (χ0v) is 10.2. The Morgan fingerprint density at radius 3 is 3.06 bits per heavy atom. The summed E-state index contributed by atoms with van der Waals surface area (Å²) < 4.78 is 0. The van der Waals surface area contributed by atoms with Crippen molar-refractivity contribution in [3.8, 4) is 0 Å². The molecular formula is C12H24N2O2. The largest absolute Gasteiger partial charge is 0.396 e. The molecule has 0 saturated carbocycles. The number of hydrogen-bond donors (Lipinski definition) is 3. The SMILES string of the molecule is CC(CO)CCCNC(=O)CC1CCNC1. The summed E-state index contributed by atoms with van der Waals surface area (Å²) in [6.45, 7) is 5.03. The standard InChI is InChI=1S/C12H24N2O2/c1-10(9-15)3-2-5-14-12(16)7-11-4-6-13-8-11/h10-11,13,15H,2-9H2,1H3,(H,14,16). The van der Waals surface area contributed by atoms with Crippen LogP contribution in [0.15, 0.2) is 0 Å². The number of hydrogen-bond acceptors (Lipinski definition) is 3. The zero-order chi connectivity index (χ0) is 11.8. The van der Waals surface area contributed by atoms with Gasteiger partial charge in [0.05, 0.1) is 0 Å². The van der Waals surface area contributed by atoms with Crippen molar-refractivity contribution in [2.24, 2.45) is 11.8 Å². The number of rotatable bonds is 7. The van der Waals surface area contributed by atoms with Crippen LogP contribution in [0.1, 0.15) is 32.6 Å². The lowest BCUT2D eigenvalue weighted by atomic mass is 10.0. The molecule has 1 aliphatic rings. The smallest absolute Gasteiger partial charge is 0.220 e. The molecule has 0 aliphatic carbocycles. The lowest BCUT2D eigenvalue weighted by molar-refractivity contribution is -0.121. The summed E-state index contributed by atoms with van der Waals surface area (Å²) in [5.74, 6) is 1.04. The van der Waals surface area contributed by atoms with Crippen LogP contribution in [0.4, 0.5) is 0 Å². The highest BCUT2D eigenvalue weighted by Crippen LogP contribution is 2.11. The van der Waals surface area contributed by atoms with E-state index < -0.39 is 0 Å². The molecule has 0 aromatic carbocycles. The van der Waals surface area contributed by atoms with Crippen molar-refractivity contribution in [2.45, 2.75) is 32.6 Å². The van der Waals surface area contributed by atoms with Gasteiger partial charge in [-0.05, 0) is 44.2 Å². The van der Waals surface area contributed by atoms with Crippen LogP contribution in [0.3, 0.4) is 0 Å². The third-order valence-corrected chi connectivity index (χ3v) is 3.14. The summed E-state index contributed by atoms with van der Waals surface area (Å²) in [6.07, 6.45) is 3.70. The second-order valence-electron chi connectivity index (χ2n) is 4.84. The van der Waals surface area contributed by atoms with Gasteiger partial charge in [0.2, 0.25) is 5.91 Å². The molecular weight excluding hydrogens is 204 g/mol. The maximum atomic E-state index is 11.5. The number of carbonyl (C=O) groups is 1. The molecule has 0 aromatic heterocycles. The number of carbonyl (C=O) groups excluding carboxylic acids is 1. The average Bonchev–Trinajstić information content (AvgIpc) is 2.76. The number of aliphatic hydroxyl groups excluding tert-OH is 1. The van der Waals surface area contributed by atoms with Gasteiger partial charge in [-0.1, -0.05) is 6.92 Å². The Kier molecular flexibility index (Phi) is 6.42. The lowest BCUT2D eigenvalue weighted by Crippen LogP contribution is -2.27. The van der Waals surface area contributed by atoms with Crippen LogP contribution in [0, 0.1) is 11.8 Å². The fourth-order valence-corrected chi connectivity index (χ4v) is 1.99. The monoisotopic (exact) mass is 228 g/mol. The second kappa shape index (κ2) is 7.63. The minimum atomic E-state index is 0.172. The van der Waals surface area contributed by atoms with E-state index in [-0.39, 0.29) is 12.5 Å². The Bertz CT molecular complexity index is 203. The van der Waals surface area contributed by atoms with Gasteiger partial charge in [-0.25, -0.2) is 0 Å². The van der Waals surface area contributed by atoms with Gasteiger partial charge in [0, 0.05) is 19.6 Å². The molecule has 16 heavy (non-hydrogen) atoms. The van der Waals surface area contributed by atoms with E-state index in [0.29, 0.717) is 18.3 Å². The molecule has 4 heteroatoms. The summed E-state index contributed by atoms with van der Waals surface area (Å²) in [5, 5.41) is 15.0. The molecule has 0 spiro atoms. The molecule has 2 unspecified atom stereocenters.